The monoisotopic (exact) mass is 612 g/mol. The van der Waals surface area contributed by atoms with Gasteiger partial charge in [-0.25, -0.2) is 4.39 Å². The number of rotatable bonds is 9. The van der Waals surface area contributed by atoms with Crippen LogP contribution in [0.15, 0.2) is 48.5 Å². The van der Waals surface area contributed by atoms with Crippen LogP contribution >= 0.6 is 0 Å². The number of halogens is 1. The standard InChI is InChI=1S/C33H45FN4O6/c1-21(2)17-23-20-44-28-13-9-7-11-24(28)31(40)36-27(19-30(39)35-26(18-22(3)4)33(42)38(23)6)32(41)37(5)15-16-43-29-14-10-8-12-25(29)34/h7-14,21-23,26-27H,15-20H2,1-6H3,(H,35,39)(H,36,40)/t23-,26+,27+/m1/s1. The summed E-state index contributed by atoms with van der Waals surface area (Å²) in [6, 6.07) is 10.2. The van der Waals surface area contributed by atoms with Crippen molar-refractivity contribution in [1.29, 1.82) is 0 Å². The summed E-state index contributed by atoms with van der Waals surface area (Å²) in [7, 11) is 3.21. The van der Waals surface area contributed by atoms with Crippen molar-refractivity contribution >= 4 is 23.6 Å². The van der Waals surface area contributed by atoms with E-state index in [-0.39, 0.29) is 54.9 Å². The predicted molar refractivity (Wildman–Crippen MR) is 165 cm³/mol. The van der Waals surface area contributed by atoms with Crippen LogP contribution < -0.4 is 20.1 Å². The number of likely N-dealkylation sites (N-methyl/N-ethyl adjacent to an activating group) is 2. The number of carbonyl (C=O) groups is 4. The van der Waals surface area contributed by atoms with Crippen LogP contribution in [0.1, 0.15) is 57.3 Å². The van der Waals surface area contributed by atoms with Crippen LogP contribution in [-0.2, 0) is 14.4 Å². The van der Waals surface area contributed by atoms with Crippen molar-refractivity contribution in [2.45, 2.75) is 65.1 Å². The maximum absolute atomic E-state index is 13.9. The Morgan fingerprint density at radius 3 is 2.36 bits per heavy atom. The number of ether oxygens (including phenoxy) is 2. The van der Waals surface area contributed by atoms with E-state index in [2.05, 4.69) is 24.5 Å². The molecule has 1 aliphatic rings. The molecule has 10 nitrogen and oxygen atoms in total. The van der Waals surface area contributed by atoms with Crippen molar-refractivity contribution in [2.24, 2.45) is 11.8 Å². The third-order valence-corrected chi connectivity index (χ3v) is 7.43. The summed E-state index contributed by atoms with van der Waals surface area (Å²) in [6.45, 7) is 8.22. The lowest BCUT2D eigenvalue weighted by molar-refractivity contribution is -0.139. The molecule has 1 heterocycles. The van der Waals surface area contributed by atoms with Crippen LogP contribution in [0.25, 0.3) is 0 Å². The molecule has 0 radical (unpaired) electrons. The van der Waals surface area contributed by atoms with E-state index in [1.807, 2.05) is 13.8 Å². The normalized spacial score (nSPS) is 19.9. The van der Waals surface area contributed by atoms with Gasteiger partial charge in [0.05, 0.1) is 24.6 Å². The zero-order valence-corrected chi connectivity index (χ0v) is 26.5. The van der Waals surface area contributed by atoms with Gasteiger partial charge in [-0.2, -0.15) is 0 Å². The van der Waals surface area contributed by atoms with Gasteiger partial charge in [0.1, 0.15) is 31.0 Å². The quantitative estimate of drug-likeness (QED) is 0.447. The minimum atomic E-state index is -1.25. The highest BCUT2D eigenvalue weighted by atomic mass is 19.1. The molecule has 2 aromatic carbocycles. The Morgan fingerprint density at radius 2 is 1.68 bits per heavy atom. The molecule has 0 aliphatic carbocycles. The molecular weight excluding hydrogens is 567 g/mol. The number of para-hydroxylation sites is 2. The molecule has 3 rings (SSSR count). The van der Waals surface area contributed by atoms with Crippen LogP contribution in [-0.4, -0.2) is 85.4 Å². The van der Waals surface area contributed by atoms with Crippen molar-refractivity contribution in [2.75, 3.05) is 33.9 Å². The molecule has 44 heavy (non-hydrogen) atoms. The summed E-state index contributed by atoms with van der Waals surface area (Å²) in [5.41, 5.74) is 0.197. The fraction of sp³-hybridized carbons (Fsp3) is 0.515. The van der Waals surface area contributed by atoms with Crippen molar-refractivity contribution < 1.29 is 33.0 Å². The first-order chi connectivity index (χ1) is 20.9. The second kappa shape index (κ2) is 16.1. The minimum absolute atomic E-state index is 0.0123. The van der Waals surface area contributed by atoms with E-state index >= 15 is 0 Å². The number of nitrogens with one attached hydrogen (secondary N) is 2. The number of amides is 4. The fourth-order valence-electron chi connectivity index (χ4n) is 5.07. The number of carbonyl (C=O) groups excluding carboxylic acids is 4. The Labute approximate surface area is 259 Å². The second-order valence-electron chi connectivity index (χ2n) is 12.1. The van der Waals surface area contributed by atoms with E-state index in [1.165, 1.54) is 24.1 Å². The SMILES string of the molecule is CC(C)C[C@@H]1COc2ccccc2C(=O)N[C@H](C(=O)N(C)CCOc2ccccc2F)CC(=O)N[C@@H](CC(C)C)C(=O)N1C. The molecule has 0 saturated heterocycles. The Kier molecular flexibility index (Phi) is 12.5. The first kappa shape index (κ1) is 34.3. The fourth-order valence-corrected chi connectivity index (χ4v) is 5.07. The molecule has 0 spiro atoms. The van der Waals surface area contributed by atoms with Crippen LogP contribution in [0.4, 0.5) is 4.39 Å². The molecule has 2 aromatic rings. The second-order valence-corrected chi connectivity index (χ2v) is 12.1. The number of fused-ring (bicyclic) bond motifs is 1. The lowest BCUT2D eigenvalue weighted by atomic mass is 9.99. The molecule has 2 N–H and O–H groups in total. The number of hydrogen-bond donors (Lipinski definition) is 2. The molecule has 0 saturated carbocycles. The molecule has 11 heteroatoms. The summed E-state index contributed by atoms with van der Waals surface area (Å²) < 4.78 is 25.6. The van der Waals surface area contributed by atoms with Crippen LogP contribution in [0, 0.1) is 17.7 Å². The minimum Gasteiger partial charge on any atom is -0.491 e. The van der Waals surface area contributed by atoms with E-state index < -0.39 is 42.0 Å². The summed E-state index contributed by atoms with van der Waals surface area (Å²) in [4.78, 5) is 57.1. The summed E-state index contributed by atoms with van der Waals surface area (Å²) >= 11 is 0. The Bertz CT molecular complexity index is 1300. The lowest BCUT2D eigenvalue weighted by Crippen LogP contribution is -2.55. The van der Waals surface area contributed by atoms with Gasteiger partial charge in [-0.15, -0.1) is 0 Å². The van der Waals surface area contributed by atoms with Gasteiger partial charge in [-0.1, -0.05) is 52.0 Å². The average Bonchev–Trinajstić information content (AvgIpc) is 2.97. The largest absolute Gasteiger partial charge is 0.491 e. The highest BCUT2D eigenvalue weighted by Crippen LogP contribution is 2.22. The van der Waals surface area contributed by atoms with E-state index in [1.54, 1.807) is 48.3 Å². The van der Waals surface area contributed by atoms with Gasteiger partial charge >= 0.3 is 0 Å². The third-order valence-electron chi connectivity index (χ3n) is 7.43. The summed E-state index contributed by atoms with van der Waals surface area (Å²) in [6.07, 6.45) is 0.654. The van der Waals surface area contributed by atoms with Crippen molar-refractivity contribution in [3.05, 3.63) is 59.9 Å². The highest BCUT2D eigenvalue weighted by molar-refractivity contribution is 6.01. The zero-order valence-electron chi connectivity index (χ0n) is 26.5. The highest BCUT2D eigenvalue weighted by Gasteiger charge is 2.33. The first-order valence-electron chi connectivity index (χ1n) is 15.1. The Hall–Kier alpha value is -4.15. The van der Waals surface area contributed by atoms with Crippen molar-refractivity contribution in [1.82, 2.24) is 20.4 Å². The van der Waals surface area contributed by atoms with Crippen LogP contribution in [0.3, 0.4) is 0 Å². The molecule has 1 aliphatic heterocycles. The average molecular weight is 613 g/mol. The van der Waals surface area contributed by atoms with Crippen molar-refractivity contribution in [3.63, 3.8) is 0 Å². The summed E-state index contributed by atoms with van der Waals surface area (Å²) in [5.74, 6) is -1.73. The van der Waals surface area contributed by atoms with Crippen LogP contribution in [0.5, 0.6) is 11.5 Å². The first-order valence-corrected chi connectivity index (χ1v) is 15.1. The molecule has 0 unspecified atom stereocenters. The van der Waals surface area contributed by atoms with Gasteiger partial charge in [0, 0.05) is 14.1 Å². The number of hydrogen-bond acceptors (Lipinski definition) is 6. The maximum Gasteiger partial charge on any atom is 0.255 e. The molecule has 3 atom stereocenters. The molecular formula is C33H45FN4O6. The molecule has 0 fully saturated rings. The predicted octanol–water partition coefficient (Wildman–Crippen LogP) is 3.65. The van der Waals surface area contributed by atoms with Gasteiger partial charge < -0.3 is 29.9 Å². The Balaban J connectivity index is 1.89. The van der Waals surface area contributed by atoms with E-state index in [0.29, 0.717) is 18.6 Å². The van der Waals surface area contributed by atoms with Gasteiger partial charge in [0.15, 0.2) is 11.6 Å². The third kappa shape index (κ3) is 9.68. The van der Waals surface area contributed by atoms with E-state index in [4.69, 9.17) is 9.47 Å². The topological polar surface area (TPSA) is 117 Å². The van der Waals surface area contributed by atoms with E-state index in [9.17, 15) is 23.6 Å². The van der Waals surface area contributed by atoms with Crippen LogP contribution in [0.2, 0.25) is 0 Å². The molecule has 240 valence electrons. The summed E-state index contributed by atoms with van der Waals surface area (Å²) in [5, 5.41) is 5.53. The number of benzene rings is 2. The Morgan fingerprint density at radius 1 is 1.02 bits per heavy atom. The van der Waals surface area contributed by atoms with Gasteiger partial charge in [0.25, 0.3) is 5.91 Å². The maximum atomic E-state index is 13.9. The van der Waals surface area contributed by atoms with E-state index in [0.717, 1.165) is 0 Å². The zero-order chi connectivity index (χ0) is 32.4. The van der Waals surface area contributed by atoms with Gasteiger partial charge in [-0.3, -0.25) is 19.2 Å². The molecule has 4 amide bonds. The molecule has 0 bridgehead atoms. The van der Waals surface area contributed by atoms with Crippen molar-refractivity contribution in [3.8, 4) is 11.5 Å². The van der Waals surface area contributed by atoms with Gasteiger partial charge in [-0.05, 0) is 48.9 Å². The molecule has 0 aromatic heterocycles. The lowest BCUT2D eigenvalue weighted by Gasteiger charge is -2.34. The smallest absolute Gasteiger partial charge is 0.255 e. The number of nitrogens with zero attached hydrogens (tertiary/aromatic N) is 2. The van der Waals surface area contributed by atoms with Gasteiger partial charge in [0.2, 0.25) is 17.7 Å².